The van der Waals surface area contributed by atoms with Crippen LogP contribution in [0.3, 0.4) is 0 Å². The van der Waals surface area contributed by atoms with Crippen molar-refractivity contribution in [2.45, 2.75) is 25.2 Å². The lowest BCUT2D eigenvalue weighted by molar-refractivity contribution is -0.384. The number of amides is 4. The van der Waals surface area contributed by atoms with E-state index >= 15 is 0 Å². The van der Waals surface area contributed by atoms with Gasteiger partial charge in [0.1, 0.15) is 6.61 Å². The van der Waals surface area contributed by atoms with Crippen molar-refractivity contribution < 1.29 is 29.2 Å². The molecule has 1 aromatic carbocycles. The number of ether oxygens (including phenoxy) is 1. The van der Waals surface area contributed by atoms with E-state index in [-0.39, 0.29) is 44.3 Å². The van der Waals surface area contributed by atoms with Crippen LogP contribution in [0, 0.1) is 10.1 Å². The van der Waals surface area contributed by atoms with E-state index in [1.165, 1.54) is 29.2 Å². The van der Waals surface area contributed by atoms with Crippen LogP contribution in [0.25, 0.3) is 0 Å². The Bertz CT molecular complexity index is 751. The first kappa shape index (κ1) is 18.6. The number of non-ortho nitro benzene ring substituents is 1. The number of likely N-dealkylation sites (tertiary alicyclic amines) is 1. The molecule has 2 aliphatic rings. The third-order valence-electron chi connectivity index (χ3n) is 4.47. The molecule has 0 saturated carbocycles. The summed E-state index contributed by atoms with van der Waals surface area (Å²) in [7, 11) is 0. The van der Waals surface area contributed by atoms with Crippen LogP contribution in [0.4, 0.5) is 15.3 Å². The van der Waals surface area contributed by atoms with E-state index in [9.17, 15) is 29.6 Å². The number of carbonyl (C=O) groups excluding carboxylic acids is 3. The molecule has 0 aromatic heterocycles. The second-order valence-corrected chi connectivity index (χ2v) is 6.34. The summed E-state index contributed by atoms with van der Waals surface area (Å²) in [4.78, 5) is 48.2. The quantitative estimate of drug-likeness (QED) is 0.424. The summed E-state index contributed by atoms with van der Waals surface area (Å²) in [6.07, 6.45) is -1.24. The average molecular weight is 378 g/mol. The molecule has 27 heavy (non-hydrogen) atoms. The molecule has 2 atom stereocenters. The molecule has 0 unspecified atom stereocenters. The van der Waals surface area contributed by atoms with Gasteiger partial charge in [-0.05, 0) is 24.1 Å². The number of imide groups is 1. The molecule has 3 rings (SSSR count). The predicted octanol–water partition coefficient (Wildman–Crippen LogP) is 0.218. The summed E-state index contributed by atoms with van der Waals surface area (Å²) >= 11 is 0. The molecule has 2 aliphatic heterocycles. The van der Waals surface area contributed by atoms with Crippen LogP contribution in [0.2, 0.25) is 0 Å². The first-order chi connectivity index (χ1) is 12.8. The van der Waals surface area contributed by atoms with Crippen molar-refractivity contribution in [2.75, 3.05) is 19.6 Å². The highest BCUT2D eigenvalue weighted by Gasteiger charge is 2.40. The normalized spacial score (nSPS) is 22.1. The van der Waals surface area contributed by atoms with Crippen LogP contribution in [0.15, 0.2) is 24.3 Å². The fourth-order valence-corrected chi connectivity index (χ4v) is 3.08. The number of hydrogen-bond acceptors (Lipinski definition) is 7. The van der Waals surface area contributed by atoms with Crippen molar-refractivity contribution in [1.29, 1.82) is 0 Å². The molecular weight excluding hydrogens is 360 g/mol. The van der Waals surface area contributed by atoms with Gasteiger partial charge in [-0.15, -0.1) is 0 Å². The predicted molar refractivity (Wildman–Crippen MR) is 89.5 cm³/mol. The summed E-state index contributed by atoms with van der Waals surface area (Å²) < 4.78 is 5.21. The maximum absolute atomic E-state index is 12.4. The van der Waals surface area contributed by atoms with Gasteiger partial charge in [0.2, 0.25) is 5.91 Å². The van der Waals surface area contributed by atoms with Crippen molar-refractivity contribution in [3.8, 4) is 0 Å². The van der Waals surface area contributed by atoms with E-state index in [4.69, 9.17) is 4.74 Å². The van der Waals surface area contributed by atoms with Crippen molar-refractivity contribution in [3.05, 3.63) is 39.9 Å². The Morgan fingerprint density at radius 1 is 1.33 bits per heavy atom. The van der Waals surface area contributed by atoms with Gasteiger partial charge in [-0.1, -0.05) is 0 Å². The van der Waals surface area contributed by atoms with Gasteiger partial charge in [-0.25, -0.2) is 9.59 Å². The van der Waals surface area contributed by atoms with Gasteiger partial charge in [0.25, 0.3) is 5.69 Å². The highest BCUT2D eigenvalue weighted by molar-refractivity contribution is 6.02. The SMILES string of the molecule is O=C1CNC(=O)N1C[C@@H]1C[C@@H](O)CN1C(=O)OCc1ccc([N+](=O)[O-])cc1. The minimum atomic E-state index is -0.775. The third-order valence-corrected chi connectivity index (χ3v) is 4.47. The minimum Gasteiger partial charge on any atom is -0.445 e. The summed E-state index contributed by atoms with van der Waals surface area (Å²) in [6.45, 7) is -0.167. The largest absolute Gasteiger partial charge is 0.445 e. The average Bonchev–Trinajstić information content (AvgIpc) is 3.17. The summed E-state index contributed by atoms with van der Waals surface area (Å²) in [5, 5.41) is 22.9. The van der Waals surface area contributed by atoms with Crippen LogP contribution in [0.5, 0.6) is 0 Å². The van der Waals surface area contributed by atoms with Crippen LogP contribution in [0.1, 0.15) is 12.0 Å². The second-order valence-electron chi connectivity index (χ2n) is 6.34. The van der Waals surface area contributed by atoms with Crippen LogP contribution in [-0.2, 0) is 16.1 Å². The molecule has 2 saturated heterocycles. The minimum absolute atomic E-state index is 0.0195. The maximum Gasteiger partial charge on any atom is 0.410 e. The first-order valence-electron chi connectivity index (χ1n) is 8.28. The lowest BCUT2D eigenvalue weighted by Crippen LogP contribution is -2.45. The fraction of sp³-hybridized carbons (Fsp3) is 0.438. The Balaban J connectivity index is 1.59. The van der Waals surface area contributed by atoms with Crippen LogP contribution >= 0.6 is 0 Å². The second kappa shape index (κ2) is 7.58. The molecule has 1 aromatic rings. The van der Waals surface area contributed by atoms with Crippen LogP contribution in [-0.4, -0.2) is 69.6 Å². The van der Waals surface area contributed by atoms with Gasteiger partial charge in [-0.3, -0.25) is 19.8 Å². The van der Waals surface area contributed by atoms with E-state index in [1.54, 1.807) is 0 Å². The monoisotopic (exact) mass is 378 g/mol. The number of carbonyl (C=O) groups is 3. The van der Waals surface area contributed by atoms with Crippen molar-refractivity contribution in [1.82, 2.24) is 15.1 Å². The molecule has 11 nitrogen and oxygen atoms in total. The number of benzene rings is 1. The standard InChI is InChI=1S/C16H18N4O7/c21-13-5-12(7-19-14(22)6-17-15(19)23)18(8-13)16(24)27-9-10-1-3-11(4-2-10)20(25)26/h1-4,12-13,21H,5-9H2,(H,17,23)/t12-,13+/m0/s1. The molecule has 144 valence electrons. The number of aliphatic hydroxyl groups is 1. The molecule has 11 heteroatoms. The molecular formula is C16H18N4O7. The number of nitrogens with one attached hydrogen (secondary N) is 1. The Morgan fingerprint density at radius 3 is 2.63 bits per heavy atom. The van der Waals surface area contributed by atoms with Crippen molar-refractivity contribution in [2.24, 2.45) is 0 Å². The number of nitrogens with zero attached hydrogens (tertiary/aromatic N) is 3. The van der Waals surface area contributed by atoms with E-state index in [2.05, 4.69) is 5.32 Å². The Labute approximate surface area is 153 Å². The van der Waals surface area contributed by atoms with Crippen molar-refractivity contribution >= 4 is 23.7 Å². The fourth-order valence-electron chi connectivity index (χ4n) is 3.08. The van der Waals surface area contributed by atoms with Gasteiger partial charge in [0, 0.05) is 12.1 Å². The Morgan fingerprint density at radius 2 is 2.04 bits per heavy atom. The van der Waals surface area contributed by atoms with Crippen LogP contribution < -0.4 is 5.32 Å². The van der Waals surface area contributed by atoms with Gasteiger partial charge in [0.15, 0.2) is 0 Å². The highest BCUT2D eigenvalue weighted by Crippen LogP contribution is 2.21. The summed E-state index contributed by atoms with van der Waals surface area (Å²) in [5.41, 5.74) is 0.501. The van der Waals surface area contributed by atoms with Gasteiger partial charge >= 0.3 is 12.1 Å². The summed E-state index contributed by atoms with van der Waals surface area (Å²) in [6, 6.07) is 4.51. The smallest absolute Gasteiger partial charge is 0.410 e. The lowest BCUT2D eigenvalue weighted by Gasteiger charge is -2.26. The zero-order chi connectivity index (χ0) is 19.6. The Kier molecular flexibility index (Phi) is 5.21. The number of aliphatic hydroxyl groups excluding tert-OH is 1. The molecule has 4 amide bonds. The number of nitro groups is 1. The maximum atomic E-state index is 12.4. The van der Waals surface area contributed by atoms with Gasteiger partial charge < -0.3 is 20.1 Å². The lowest BCUT2D eigenvalue weighted by atomic mass is 10.2. The van der Waals surface area contributed by atoms with E-state index in [1.807, 2.05) is 0 Å². The van der Waals surface area contributed by atoms with Gasteiger partial charge in [-0.2, -0.15) is 0 Å². The van der Waals surface area contributed by atoms with E-state index in [0.717, 1.165) is 4.90 Å². The van der Waals surface area contributed by atoms with Crippen molar-refractivity contribution in [3.63, 3.8) is 0 Å². The van der Waals surface area contributed by atoms with Gasteiger partial charge in [0.05, 0.1) is 36.7 Å². The number of nitro benzene ring substituents is 1. The third kappa shape index (κ3) is 4.14. The molecule has 0 spiro atoms. The Hall–Kier alpha value is -3.21. The summed E-state index contributed by atoms with van der Waals surface area (Å²) in [5.74, 6) is -0.388. The molecule has 0 bridgehead atoms. The first-order valence-corrected chi connectivity index (χ1v) is 8.28. The molecule has 0 aliphatic carbocycles. The zero-order valence-corrected chi connectivity index (χ0v) is 14.2. The molecule has 2 N–H and O–H groups in total. The molecule has 2 heterocycles. The molecule has 0 radical (unpaired) electrons. The topological polar surface area (TPSA) is 142 Å². The van der Waals surface area contributed by atoms with E-state index in [0.29, 0.717) is 5.56 Å². The van der Waals surface area contributed by atoms with E-state index < -0.39 is 29.2 Å². The highest BCUT2D eigenvalue weighted by atomic mass is 16.6. The zero-order valence-electron chi connectivity index (χ0n) is 14.2. The number of hydrogen-bond donors (Lipinski definition) is 2. The number of β-amino-alcohol motifs (C(OH)–C–C–N with tert-alkyl or cyclic N) is 1. The number of rotatable bonds is 5. The number of urea groups is 1. The molecule has 2 fully saturated rings.